The van der Waals surface area contributed by atoms with Crippen LogP contribution in [-0.4, -0.2) is 27.5 Å². The number of benzene rings is 3. The second-order valence-corrected chi connectivity index (χ2v) is 9.55. The van der Waals surface area contributed by atoms with E-state index in [2.05, 4.69) is 9.62 Å². The molecule has 168 valence electrons. The van der Waals surface area contributed by atoms with Crippen molar-refractivity contribution in [2.24, 2.45) is 0 Å². The smallest absolute Gasteiger partial charge is 0.367 e. The summed E-state index contributed by atoms with van der Waals surface area (Å²) in [6, 6.07) is 20.8. The maximum Gasteiger partial charge on any atom is 0.416 e. The molecule has 1 unspecified atom stereocenters. The lowest BCUT2D eigenvalue weighted by molar-refractivity contribution is -0.137. The highest BCUT2D eigenvalue weighted by atomic mass is 32.2. The van der Waals surface area contributed by atoms with E-state index in [1.807, 2.05) is 30.3 Å². The second kappa shape index (κ2) is 8.96. The van der Waals surface area contributed by atoms with Gasteiger partial charge in [-0.3, -0.25) is 0 Å². The Morgan fingerprint density at radius 2 is 1.62 bits per heavy atom. The number of sulfonamides is 1. The van der Waals surface area contributed by atoms with Crippen molar-refractivity contribution in [1.29, 1.82) is 0 Å². The Morgan fingerprint density at radius 1 is 0.906 bits per heavy atom. The van der Waals surface area contributed by atoms with E-state index in [0.29, 0.717) is 11.1 Å². The van der Waals surface area contributed by atoms with Crippen molar-refractivity contribution in [1.82, 2.24) is 4.72 Å². The molecule has 1 fully saturated rings. The van der Waals surface area contributed by atoms with E-state index in [4.69, 9.17) is 0 Å². The zero-order valence-corrected chi connectivity index (χ0v) is 18.0. The fraction of sp³-hybridized carbons (Fsp3) is 0.250. The van der Waals surface area contributed by atoms with Gasteiger partial charge in [0, 0.05) is 24.8 Å². The molecule has 4 rings (SSSR count). The fourth-order valence-electron chi connectivity index (χ4n) is 4.00. The van der Waals surface area contributed by atoms with Gasteiger partial charge >= 0.3 is 6.18 Å². The summed E-state index contributed by atoms with van der Waals surface area (Å²) in [5, 5.41) is 0. The van der Waals surface area contributed by atoms with Crippen LogP contribution < -0.4 is 9.62 Å². The van der Waals surface area contributed by atoms with Gasteiger partial charge in [-0.05, 0) is 60.4 Å². The molecule has 1 aliphatic heterocycles. The first kappa shape index (κ1) is 22.4. The van der Waals surface area contributed by atoms with Crippen LogP contribution >= 0.6 is 0 Å². The molecule has 1 atom stereocenters. The number of nitrogens with zero attached hydrogens (tertiary/aromatic N) is 1. The normalized spacial score (nSPS) is 17.0. The number of hydrogen-bond donors (Lipinski definition) is 1. The van der Waals surface area contributed by atoms with Gasteiger partial charge in [0.05, 0.1) is 10.5 Å². The third-order valence-corrected chi connectivity index (χ3v) is 7.10. The van der Waals surface area contributed by atoms with E-state index in [1.165, 1.54) is 30.3 Å². The molecule has 0 spiro atoms. The van der Waals surface area contributed by atoms with Crippen LogP contribution in [0.5, 0.6) is 0 Å². The van der Waals surface area contributed by atoms with Crippen molar-refractivity contribution in [2.45, 2.75) is 30.0 Å². The minimum atomic E-state index is -4.43. The summed E-state index contributed by atoms with van der Waals surface area (Å²) >= 11 is 0. The topological polar surface area (TPSA) is 49.4 Å². The predicted molar refractivity (Wildman–Crippen MR) is 119 cm³/mol. The van der Waals surface area contributed by atoms with Gasteiger partial charge in [-0.1, -0.05) is 42.5 Å². The van der Waals surface area contributed by atoms with Crippen LogP contribution in [0, 0.1) is 0 Å². The van der Waals surface area contributed by atoms with Crippen molar-refractivity contribution < 1.29 is 21.6 Å². The predicted octanol–water partition coefficient (Wildman–Crippen LogP) is 5.32. The molecule has 1 saturated heterocycles. The third-order valence-electron chi connectivity index (χ3n) is 5.66. The number of halogens is 3. The number of anilines is 1. The summed E-state index contributed by atoms with van der Waals surface area (Å²) in [7, 11) is -3.74. The fourth-order valence-corrected chi connectivity index (χ4v) is 5.07. The van der Waals surface area contributed by atoms with Crippen molar-refractivity contribution in [2.75, 3.05) is 18.0 Å². The first-order valence-electron chi connectivity index (χ1n) is 10.3. The largest absolute Gasteiger partial charge is 0.416 e. The maximum atomic E-state index is 13.0. The highest BCUT2D eigenvalue weighted by Crippen LogP contribution is 2.32. The highest BCUT2D eigenvalue weighted by Gasteiger charge is 2.30. The Labute approximate surface area is 185 Å². The van der Waals surface area contributed by atoms with Gasteiger partial charge < -0.3 is 4.90 Å². The van der Waals surface area contributed by atoms with E-state index in [9.17, 15) is 21.6 Å². The first-order valence-corrected chi connectivity index (χ1v) is 11.8. The molecule has 0 aliphatic carbocycles. The quantitative estimate of drug-likeness (QED) is 0.542. The number of hydrogen-bond acceptors (Lipinski definition) is 3. The van der Waals surface area contributed by atoms with E-state index < -0.39 is 21.8 Å². The molecule has 1 N–H and O–H groups in total. The summed E-state index contributed by atoms with van der Waals surface area (Å²) in [6.45, 7) is 1.16. The average Bonchev–Trinajstić information content (AvgIpc) is 3.27. The van der Waals surface area contributed by atoms with Crippen LogP contribution in [0.25, 0.3) is 11.1 Å². The van der Waals surface area contributed by atoms with Crippen LogP contribution in [0.2, 0.25) is 0 Å². The standard InChI is InChI=1S/C24H23F3N2O2S/c25-24(26,27)20-7-4-6-19(16-20)18-11-13-23(14-12-18)32(30,31)28-17-22-10-5-15-29(22)21-8-2-1-3-9-21/h1-4,6-9,11-14,16,22,28H,5,10,15,17H2. The molecular formula is C24H23F3N2O2S. The van der Waals surface area contributed by atoms with E-state index in [0.717, 1.165) is 37.2 Å². The number of alkyl halides is 3. The summed E-state index contributed by atoms with van der Waals surface area (Å²) < 4.78 is 67.1. The van der Waals surface area contributed by atoms with Crippen LogP contribution in [-0.2, 0) is 16.2 Å². The van der Waals surface area contributed by atoms with Gasteiger partial charge in [0.15, 0.2) is 0 Å². The molecule has 4 nitrogen and oxygen atoms in total. The molecular weight excluding hydrogens is 437 g/mol. The monoisotopic (exact) mass is 460 g/mol. The Balaban J connectivity index is 1.46. The molecule has 32 heavy (non-hydrogen) atoms. The summed E-state index contributed by atoms with van der Waals surface area (Å²) in [6.07, 6.45) is -2.55. The Morgan fingerprint density at radius 3 is 2.31 bits per heavy atom. The van der Waals surface area contributed by atoms with Gasteiger partial charge in [0.25, 0.3) is 0 Å². The molecule has 8 heteroatoms. The Kier molecular flexibility index (Phi) is 6.26. The molecule has 0 saturated carbocycles. The zero-order valence-electron chi connectivity index (χ0n) is 17.2. The zero-order chi connectivity index (χ0) is 22.8. The molecule has 0 amide bonds. The second-order valence-electron chi connectivity index (χ2n) is 7.78. The van der Waals surface area contributed by atoms with Crippen LogP contribution in [0.15, 0.2) is 83.8 Å². The third kappa shape index (κ3) is 4.97. The van der Waals surface area contributed by atoms with Crippen molar-refractivity contribution in [3.63, 3.8) is 0 Å². The van der Waals surface area contributed by atoms with Gasteiger partial charge in [-0.15, -0.1) is 0 Å². The van der Waals surface area contributed by atoms with E-state index in [1.54, 1.807) is 6.07 Å². The molecule has 0 aromatic heterocycles. The van der Waals surface area contributed by atoms with Crippen LogP contribution in [0.3, 0.4) is 0 Å². The lowest BCUT2D eigenvalue weighted by Gasteiger charge is -2.27. The lowest BCUT2D eigenvalue weighted by Crippen LogP contribution is -2.40. The van der Waals surface area contributed by atoms with Gasteiger partial charge in [0.2, 0.25) is 10.0 Å². The molecule has 3 aromatic carbocycles. The molecule has 0 bridgehead atoms. The minimum Gasteiger partial charge on any atom is -0.367 e. The first-order chi connectivity index (χ1) is 15.2. The van der Waals surface area contributed by atoms with Crippen molar-refractivity contribution in [3.8, 4) is 11.1 Å². The lowest BCUT2D eigenvalue weighted by atomic mass is 10.0. The van der Waals surface area contributed by atoms with E-state index in [-0.39, 0.29) is 17.5 Å². The van der Waals surface area contributed by atoms with Crippen LogP contribution in [0.4, 0.5) is 18.9 Å². The van der Waals surface area contributed by atoms with Crippen molar-refractivity contribution >= 4 is 15.7 Å². The Bertz CT molecular complexity index is 1160. The average molecular weight is 461 g/mol. The number of para-hydroxylation sites is 1. The summed E-state index contributed by atoms with van der Waals surface area (Å²) in [5.74, 6) is 0. The molecule has 0 radical (unpaired) electrons. The molecule has 1 aliphatic rings. The Hall–Kier alpha value is -2.84. The van der Waals surface area contributed by atoms with Gasteiger partial charge in [-0.2, -0.15) is 13.2 Å². The van der Waals surface area contributed by atoms with Gasteiger partial charge in [0.1, 0.15) is 0 Å². The van der Waals surface area contributed by atoms with Crippen LogP contribution in [0.1, 0.15) is 18.4 Å². The maximum absolute atomic E-state index is 13.0. The number of rotatable bonds is 6. The SMILES string of the molecule is O=S(=O)(NCC1CCCN1c1ccccc1)c1ccc(-c2cccc(C(F)(F)F)c2)cc1. The summed E-state index contributed by atoms with van der Waals surface area (Å²) in [5.41, 5.74) is 1.22. The molecule has 3 aromatic rings. The van der Waals surface area contributed by atoms with Crippen molar-refractivity contribution in [3.05, 3.63) is 84.4 Å². The minimum absolute atomic E-state index is 0.0663. The van der Waals surface area contributed by atoms with Gasteiger partial charge in [-0.25, -0.2) is 13.1 Å². The number of nitrogens with one attached hydrogen (secondary N) is 1. The summed E-state index contributed by atoms with van der Waals surface area (Å²) in [4.78, 5) is 2.29. The van der Waals surface area contributed by atoms with E-state index >= 15 is 0 Å². The molecule has 1 heterocycles. The highest BCUT2D eigenvalue weighted by molar-refractivity contribution is 7.89.